The zero-order valence-corrected chi connectivity index (χ0v) is 19.2. The van der Waals surface area contributed by atoms with Crippen molar-refractivity contribution in [1.82, 2.24) is 20.4 Å². The number of nitrogens with zero attached hydrogens (tertiary/aromatic N) is 2. The molecule has 0 aliphatic heterocycles. The summed E-state index contributed by atoms with van der Waals surface area (Å²) in [4.78, 5) is 12.4. The molecule has 0 bridgehead atoms. The first kappa shape index (κ1) is 23.0. The van der Waals surface area contributed by atoms with Crippen molar-refractivity contribution in [2.45, 2.75) is 33.9 Å². The molecule has 8 nitrogen and oxygen atoms in total. The van der Waals surface area contributed by atoms with Crippen LogP contribution in [0.3, 0.4) is 0 Å². The number of hydrogen-bond acceptors (Lipinski definition) is 5. The molecule has 0 unspecified atom stereocenters. The number of nitrogens with one attached hydrogen (secondary N) is 2. The topological polar surface area (TPSA) is 86.6 Å². The number of para-hydroxylation sites is 1. The van der Waals surface area contributed by atoms with Crippen molar-refractivity contribution in [3.05, 3.63) is 65.0 Å². The monoisotopic (exact) mass is 438 g/mol. The van der Waals surface area contributed by atoms with Gasteiger partial charge in [-0.15, -0.1) is 0 Å². The highest BCUT2D eigenvalue weighted by atomic mass is 16.5. The van der Waals surface area contributed by atoms with Gasteiger partial charge in [-0.05, 0) is 50.6 Å². The second-order valence-electron chi connectivity index (χ2n) is 7.20. The van der Waals surface area contributed by atoms with Crippen LogP contribution in [-0.2, 0) is 13.1 Å². The molecule has 0 aliphatic carbocycles. The average Bonchev–Trinajstić information content (AvgIpc) is 3.10. The van der Waals surface area contributed by atoms with Crippen LogP contribution in [0.1, 0.15) is 29.4 Å². The van der Waals surface area contributed by atoms with Crippen molar-refractivity contribution in [2.24, 2.45) is 0 Å². The van der Waals surface area contributed by atoms with Crippen LogP contribution in [0.2, 0.25) is 0 Å². The molecule has 32 heavy (non-hydrogen) atoms. The van der Waals surface area contributed by atoms with E-state index in [2.05, 4.69) is 15.7 Å². The maximum atomic E-state index is 12.4. The molecule has 2 aromatic carbocycles. The van der Waals surface area contributed by atoms with E-state index >= 15 is 0 Å². The summed E-state index contributed by atoms with van der Waals surface area (Å²) < 4.78 is 18.3. The molecule has 3 aromatic rings. The Hall–Kier alpha value is -3.68. The Morgan fingerprint density at radius 2 is 1.62 bits per heavy atom. The lowest BCUT2D eigenvalue weighted by Gasteiger charge is -2.15. The number of aryl methyl sites for hydroxylation is 1. The Labute approximate surface area is 188 Å². The lowest BCUT2D eigenvalue weighted by Crippen LogP contribution is -2.34. The maximum Gasteiger partial charge on any atom is 0.315 e. The lowest BCUT2D eigenvalue weighted by molar-refractivity contribution is 0.240. The van der Waals surface area contributed by atoms with Gasteiger partial charge in [-0.2, -0.15) is 5.10 Å². The van der Waals surface area contributed by atoms with E-state index in [4.69, 9.17) is 14.2 Å². The molecule has 1 heterocycles. The van der Waals surface area contributed by atoms with Gasteiger partial charge in [-0.3, -0.25) is 0 Å². The van der Waals surface area contributed by atoms with Crippen LogP contribution in [0.15, 0.2) is 42.5 Å². The second-order valence-corrected chi connectivity index (χ2v) is 7.20. The second kappa shape index (κ2) is 10.6. The smallest absolute Gasteiger partial charge is 0.315 e. The molecule has 0 atom stereocenters. The van der Waals surface area contributed by atoms with Crippen LogP contribution in [0, 0.1) is 13.8 Å². The highest BCUT2D eigenvalue weighted by Gasteiger charge is 2.16. The quantitative estimate of drug-likeness (QED) is 0.529. The lowest BCUT2D eigenvalue weighted by atomic mass is 10.1. The molecular weight excluding hydrogens is 408 g/mol. The molecular formula is C24H30N4O4. The molecule has 0 saturated heterocycles. The van der Waals surface area contributed by atoms with Gasteiger partial charge in [0, 0.05) is 24.3 Å². The van der Waals surface area contributed by atoms with Gasteiger partial charge in [-0.1, -0.05) is 18.2 Å². The van der Waals surface area contributed by atoms with E-state index in [-0.39, 0.29) is 6.03 Å². The number of carbonyl (C=O) groups is 1. The normalized spacial score (nSPS) is 10.5. The number of benzene rings is 2. The summed E-state index contributed by atoms with van der Waals surface area (Å²) in [6.07, 6.45) is 0. The molecule has 0 aliphatic rings. The maximum absolute atomic E-state index is 12.4. The number of aromatic nitrogens is 2. The summed E-state index contributed by atoms with van der Waals surface area (Å²) in [5, 5.41) is 10.4. The van der Waals surface area contributed by atoms with Crippen molar-refractivity contribution >= 4 is 6.03 Å². The predicted molar refractivity (Wildman–Crippen MR) is 123 cm³/mol. The number of hydrogen-bond donors (Lipinski definition) is 2. The van der Waals surface area contributed by atoms with Gasteiger partial charge in [0.2, 0.25) is 5.75 Å². The fraction of sp³-hybridized carbons (Fsp3) is 0.333. The Morgan fingerprint density at radius 3 is 2.22 bits per heavy atom. The van der Waals surface area contributed by atoms with Crippen LogP contribution >= 0.6 is 0 Å². The van der Waals surface area contributed by atoms with Gasteiger partial charge < -0.3 is 24.8 Å². The molecule has 2 amide bonds. The molecule has 0 spiro atoms. The fourth-order valence-electron chi connectivity index (χ4n) is 3.49. The van der Waals surface area contributed by atoms with Crippen molar-refractivity contribution in [3.8, 4) is 22.9 Å². The third-order valence-corrected chi connectivity index (χ3v) is 5.13. The third kappa shape index (κ3) is 5.14. The minimum absolute atomic E-state index is 0.275. The number of rotatable bonds is 9. The molecule has 3 rings (SSSR count). The number of amides is 2. The summed E-state index contributed by atoms with van der Waals surface area (Å²) in [5.74, 6) is 1.66. The summed E-state index contributed by atoms with van der Waals surface area (Å²) in [7, 11) is 3.14. The summed E-state index contributed by atoms with van der Waals surface area (Å²) in [6.45, 7) is 7.02. The van der Waals surface area contributed by atoms with E-state index in [0.29, 0.717) is 36.9 Å². The van der Waals surface area contributed by atoms with Crippen LogP contribution in [0.25, 0.3) is 5.69 Å². The molecule has 0 fully saturated rings. The fourth-order valence-corrected chi connectivity index (χ4v) is 3.49. The van der Waals surface area contributed by atoms with Gasteiger partial charge in [0.1, 0.15) is 0 Å². The molecule has 0 saturated carbocycles. The number of ether oxygens (including phenoxy) is 3. The van der Waals surface area contributed by atoms with Crippen LogP contribution in [0.4, 0.5) is 4.79 Å². The van der Waals surface area contributed by atoms with E-state index in [0.717, 1.165) is 28.2 Å². The van der Waals surface area contributed by atoms with Crippen molar-refractivity contribution in [2.75, 3.05) is 20.8 Å². The van der Waals surface area contributed by atoms with Gasteiger partial charge >= 0.3 is 6.03 Å². The summed E-state index contributed by atoms with van der Waals surface area (Å²) in [5.41, 5.74) is 4.69. The zero-order valence-electron chi connectivity index (χ0n) is 19.2. The summed E-state index contributed by atoms with van der Waals surface area (Å²) in [6, 6.07) is 13.3. The van der Waals surface area contributed by atoms with Gasteiger partial charge in [-0.25, -0.2) is 9.48 Å². The van der Waals surface area contributed by atoms with Crippen LogP contribution in [-0.4, -0.2) is 36.6 Å². The average molecular weight is 439 g/mol. The van der Waals surface area contributed by atoms with E-state index in [9.17, 15) is 4.79 Å². The van der Waals surface area contributed by atoms with Gasteiger partial charge in [0.25, 0.3) is 0 Å². The Bertz CT molecular complexity index is 1040. The van der Waals surface area contributed by atoms with Gasteiger partial charge in [0.05, 0.1) is 32.2 Å². The molecule has 170 valence electrons. The summed E-state index contributed by atoms with van der Waals surface area (Å²) >= 11 is 0. The van der Waals surface area contributed by atoms with Gasteiger partial charge in [0.15, 0.2) is 11.5 Å². The van der Waals surface area contributed by atoms with Crippen molar-refractivity contribution < 1.29 is 19.0 Å². The molecule has 2 N–H and O–H groups in total. The van der Waals surface area contributed by atoms with E-state index in [1.165, 1.54) is 0 Å². The first-order valence-electron chi connectivity index (χ1n) is 10.5. The van der Waals surface area contributed by atoms with Crippen LogP contribution in [0.5, 0.6) is 17.2 Å². The number of methoxy groups -OCH3 is 2. The first-order chi connectivity index (χ1) is 15.5. The minimum atomic E-state index is -0.275. The predicted octanol–water partition coefficient (Wildman–Crippen LogP) is 3.90. The Kier molecular flexibility index (Phi) is 7.59. The minimum Gasteiger partial charge on any atom is -0.493 e. The van der Waals surface area contributed by atoms with Crippen molar-refractivity contribution in [3.63, 3.8) is 0 Å². The van der Waals surface area contributed by atoms with Crippen molar-refractivity contribution in [1.29, 1.82) is 0 Å². The third-order valence-electron chi connectivity index (χ3n) is 5.13. The largest absolute Gasteiger partial charge is 0.493 e. The van der Waals surface area contributed by atoms with E-state index in [1.807, 2.05) is 67.9 Å². The van der Waals surface area contributed by atoms with E-state index in [1.54, 1.807) is 14.2 Å². The Balaban J connectivity index is 1.63. The number of urea groups is 1. The molecule has 0 radical (unpaired) electrons. The molecule has 1 aromatic heterocycles. The molecule has 8 heteroatoms. The number of carbonyl (C=O) groups excluding carboxylic acids is 1. The highest BCUT2D eigenvalue weighted by Crippen LogP contribution is 2.38. The Morgan fingerprint density at radius 1 is 1.00 bits per heavy atom. The SMILES string of the molecule is CCOc1c(OC)cc(CNC(=O)NCc2c(C)nn(-c3ccccc3)c2C)cc1OC. The highest BCUT2D eigenvalue weighted by molar-refractivity contribution is 5.74. The van der Waals surface area contributed by atoms with Crippen LogP contribution < -0.4 is 24.8 Å². The standard InChI is InChI=1S/C24H30N4O4/c1-6-32-23-21(30-4)12-18(13-22(23)31-5)14-25-24(29)26-15-20-16(2)27-28(17(20)3)19-10-8-7-9-11-19/h7-13H,6,14-15H2,1-5H3,(H2,25,26,29). The van der Waals surface area contributed by atoms with E-state index < -0.39 is 0 Å². The zero-order chi connectivity index (χ0) is 23.1. The first-order valence-corrected chi connectivity index (χ1v) is 10.5.